The van der Waals surface area contributed by atoms with Crippen molar-refractivity contribution in [2.75, 3.05) is 13.2 Å². The first-order valence-electron chi connectivity index (χ1n) is 6.56. The van der Waals surface area contributed by atoms with Crippen LogP contribution in [-0.4, -0.2) is 36.2 Å². The van der Waals surface area contributed by atoms with Crippen LogP contribution in [0.3, 0.4) is 0 Å². The van der Waals surface area contributed by atoms with Crippen molar-refractivity contribution in [2.45, 2.75) is 27.7 Å². The molecule has 1 rings (SSSR count). The molecule has 7 nitrogen and oxygen atoms in total. The summed E-state index contributed by atoms with van der Waals surface area (Å²) in [7, 11) is 0. The second kappa shape index (κ2) is 6.43. The van der Waals surface area contributed by atoms with Crippen LogP contribution in [0.4, 0.5) is 0 Å². The molecule has 1 aliphatic rings. The molecular formula is C14H19NO6. The van der Waals surface area contributed by atoms with Gasteiger partial charge in [-0.1, -0.05) is 0 Å². The SMILES string of the molecule is CCOC(=O)C1=C(C)NC(C)=CC1(C(=O)O)C(=O)OCC. The molecule has 0 saturated heterocycles. The Labute approximate surface area is 122 Å². The monoisotopic (exact) mass is 297 g/mol. The van der Waals surface area contributed by atoms with Gasteiger partial charge in [-0.15, -0.1) is 0 Å². The average Bonchev–Trinajstić information content (AvgIpc) is 2.37. The van der Waals surface area contributed by atoms with Crippen LogP contribution in [0.25, 0.3) is 0 Å². The maximum atomic E-state index is 12.3. The number of hydrogen-bond acceptors (Lipinski definition) is 6. The highest BCUT2D eigenvalue weighted by atomic mass is 16.5. The molecule has 0 spiro atoms. The summed E-state index contributed by atoms with van der Waals surface area (Å²) in [6, 6.07) is 0. The van der Waals surface area contributed by atoms with Crippen molar-refractivity contribution in [3.05, 3.63) is 23.0 Å². The molecule has 1 atom stereocenters. The number of carboxylic acid groups (broad SMARTS) is 1. The van der Waals surface area contributed by atoms with Crippen molar-refractivity contribution in [3.8, 4) is 0 Å². The fourth-order valence-electron chi connectivity index (χ4n) is 2.27. The van der Waals surface area contributed by atoms with Gasteiger partial charge in [-0.05, 0) is 33.8 Å². The smallest absolute Gasteiger partial charge is 0.337 e. The standard InChI is InChI=1S/C14H19NO6/c1-5-20-11(16)10-9(4)15-8(3)7-14(10,12(17)18)13(19)21-6-2/h7,15H,5-6H2,1-4H3,(H,17,18). The summed E-state index contributed by atoms with van der Waals surface area (Å²) in [6.45, 7) is 6.34. The minimum absolute atomic E-state index is 0.00331. The van der Waals surface area contributed by atoms with Gasteiger partial charge >= 0.3 is 17.9 Å². The Kier molecular flexibility index (Phi) is 5.12. The van der Waals surface area contributed by atoms with Crippen molar-refractivity contribution < 1.29 is 29.0 Å². The maximum Gasteiger partial charge on any atom is 0.337 e. The molecule has 1 unspecified atom stereocenters. The summed E-state index contributed by atoms with van der Waals surface area (Å²) in [6.07, 6.45) is 1.17. The molecule has 2 N–H and O–H groups in total. The third-order valence-corrected chi connectivity index (χ3v) is 3.00. The number of dihydropyridines is 1. The summed E-state index contributed by atoms with van der Waals surface area (Å²) in [5, 5.41) is 12.4. The molecule has 0 aromatic carbocycles. The highest BCUT2D eigenvalue weighted by molar-refractivity contribution is 6.13. The highest BCUT2D eigenvalue weighted by Gasteiger charge is 2.55. The van der Waals surface area contributed by atoms with Gasteiger partial charge in [0, 0.05) is 11.4 Å². The van der Waals surface area contributed by atoms with Crippen molar-refractivity contribution in [1.29, 1.82) is 0 Å². The van der Waals surface area contributed by atoms with Crippen molar-refractivity contribution >= 4 is 17.9 Å². The lowest BCUT2D eigenvalue weighted by Crippen LogP contribution is -2.47. The van der Waals surface area contributed by atoms with Crippen molar-refractivity contribution in [1.82, 2.24) is 5.32 Å². The van der Waals surface area contributed by atoms with Crippen LogP contribution < -0.4 is 5.32 Å². The van der Waals surface area contributed by atoms with E-state index in [1.807, 2.05) is 0 Å². The number of carbonyl (C=O) groups is 3. The molecule has 21 heavy (non-hydrogen) atoms. The summed E-state index contributed by atoms with van der Waals surface area (Å²) in [5.41, 5.74) is -1.76. The number of nitrogens with one attached hydrogen (secondary N) is 1. The fourth-order valence-corrected chi connectivity index (χ4v) is 2.27. The largest absolute Gasteiger partial charge is 0.480 e. The molecule has 1 heterocycles. The molecule has 1 aliphatic heterocycles. The third kappa shape index (κ3) is 2.91. The molecular weight excluding hydrogens is 278 g/mol. The lowest BCUT2D eigenvalue weighted by atomic mass is 9.76. The molecule has 0 saturated carbocycles. The lowest BCUT2D eigenvalue weighted by Gasteiger charge is -2.31. The van der Waals surface area contributed by atoms with Gasteiger partial charge in [0.15, 0.2) is 0 Å². The zero-order chi connectivity index (χ0) is 16.2. The zero-order valence-corrected chi connectivity index (χ0v) is 12.5. The van der Waals surface area contributed by atoms with E-state index in [9.17, 15) is 19.5 Å². The molecule has 0 bridgehead atoms. The van der Waals surface area contributed by atoms with E-state index in [-0.39, 0.29) is 24.5 Å². The van der Waals surface area contributed by atoms with E-state index in [1.165, 1.54) is 13.0 Å². The zero-order valence-electron chi connectivity index (χ0n) is 12.5. The minimum Gasteiger partial charge on any atom is -0.480 e. The van der Waals surface area contributed by atoms with E-state index in [4.69, 9.17) is 9.47 Å². The van der Waals surface area contributed by atoms with Crippen LogP contribution >= 0.6 is 0 Å². The first-order valence-corrected chi connectivity index (χ1v) is 6.56. The number of hydrogen-bond donors (Lipinski definition) is 2. The molecule has 0 aromatic heterocycles. The van der Waals surface area contributed by atoms with Crippen LogP contribution in [0.2, 0.25) is 0 Å². The number of carboxylic acids is 1. The first kappa shape index (κ1) is 16.7. The van der Waals surface area contributed by atoms with Gasteiger partial charge in [-0.25, -0.2) is 4.79 Å². The highest BCUT2D eigenvalue weighted by Crippen LogP contribution is 2.38. The van der Waals surface area contributed by atoms with Gasteiger partial charge in [0.2, 0.25) is 5.41 Å². The van der Waals surface area contributed by atoms with Crippen LogP contribution in [0.5, 0.6) is 0 Å². The Morgan fingerprint density at radius 2 is 1.76 bits per heavy atom. The van der Waals surface area contributed by atoms with E-state index in [1.54, 1.807) is 20.8 Å². The van der Waals surface area contributed by atoms with Crippen molar-refractivity contribution in [3.63, 3.8) is 0 Å². The van der Waals surface area contributed by atoms with Gasteiger partial charge in [0.25, 0.3) is 0 Å². The van der Waals surface area contributed by atoms with Crippen LogP contribution in [0.15, 0.2) is 23.0 Å². The molecule has 0 radical (unpaired) electrons. The summed E-state index contributed by atoms with van der Waals surface area (Å²) >= 11 is 0. The maximum absolute atomic E-state index is 12.3. The van der Waals surface area contributed by atoms with E-state index < -0.39 is 23.3 Å². The predicted molar refractivity (Wildman–Crippen MR) is 72.9 cm³/mol. The van der Waals surface area contributed by atoms with Crippen LogP contribution in [-0.2, 0) is 23.9 Å². The van der Waals surface area contributed by atoms with E-state index in [0.717, 1.165) is 0 Å². The molecule has 0 amide bonds. The number of carbonyl (C=O) groups excluding carboxylic acids is 2. The number of rotatable bonds is 5. The number of aliphatic carboxylic acids is 1. The Morgan fingerprint density at radius 1 is 1.19 bits per heavy atom. The Morgan fingerprint density at radius 3 is 2.24 bits per heavy atom. The Hall–Kier alpha value is -2.31. The van der Waals surface area contributed by atoms with E-state index in [0.29, 0.717) is 5.70 Å². The number of allylic oxidation sites excluding steroid dienone is 2. The molecule has 116 valence electrons. The summed E-state index contributed by atoms with van der Waals surface area (Å²) in [5.74, 6) is -3.35. The second-order valence-electron chi connectivity index (χ2n) is 4.51. The molecule has 7 heteroatoms. The van der Waals surface area contributed by atoms with Crippen LogP contribution in [0.1, 0.15) is 27.7 Å². The lowest BCUT2D eigenvalue weighted by molar-refractivity contribution is -0.165. The third-order valence-electron chi connectivity index (χ3n) is 3.00. The number of ether oxygens (including phenoxy) is 2. The van der Waals surface area contributed by atoms with Gasteiger partial charge < -0.3 is 19.9 Å². The minimum atomic E-state index is -2.19. The quantitative estimate of drug-likeness (QED) is 0.575. The van der Waals surface area contributed by atoms with Crippen molar-refractivity contribution in [2.24, 2.45) is 5.41 Å². The molecule has 0 fully saturated rings. The Bertz CT molecular complexity index is 534. The Balaban J connectivity index is 3.52. The summed E-state index contributed by atoms with van der Waals surface area (Å²) < 4.78 is 9.75. The van der Waals surface area contributed by atoms with Gasteiger partial charge in [-0.2, -0.15) is 0 Å². The fraction of sp³-hybridized carbons (Fsp3) is 0.500. The first-order chi connectivity index (χ1) is 9.81. The summed E-state index contributed by atoms with van der Waals surface area (Å²) in [4.78, 5) is 36.2. The van der Waals surface area contributed by atoms with Gasteiger partial charge in [0.05, 0.1) is 18.8 Å². The molecule has 0 aromatic rings. The average molecular weight is 297 g/mol. The normalized spacial score (nSPS) is 21.2. The topological polar surface area (TPSA) is 102 Å². The van der Waals surface area contributed by atoms with Gasteiger partial charge in [-0.3, -0.25) is 9.59 Å². The van der Waals surface area contributed by atoms with Gasteiger partial charge in [0.1, 0.15) is 0 Å². The number of esters is 2. The van der Waals surface area contributed by atoms with E-state index in [2.05, 4.69) is 5.32 Å². The van der Waals surface area contributed by atoms with Crippen LogP contribution in [0, 0.1) is 5.41 Å². The van der Waals surface area contributed by atoms with E-state index >= 15 is 0 Å². The molecule has 0 aliphatic carbocycles. The second-order valence-corrected chi connectivity index (χ2v) is 4.51. The predicted octanol–water partition coefficient (Wildman–Crippen LogP) is 0.965.